The minimum Gasteiger partial charge on any atom is -0.329 e. The van der Waals surface area contributed by atoms with Gasteiger partial charge in [-0.15, -0.1) is 0 Å². The van der Waals surface area contributed by atoms with Gasteiger partial charge in [0.25, 0.3) is 0 Å². The van der Waals surface area contributed by atoms with Gasteiger partial charge in [-0.05, 0) is 30.0 Å². The van der Waals surface area contributed by atoms with Crippen LogP contribution in [0.1, 0.15) is 18.4 Å². The predicted molar refractivity (Wildman–Crippen MR) is 65.8 cm³/mol. The standard InChI is InChI=1S/C13H13ClN2O/c14-12(17)16-8-6-13(10-15,7-9-16)11-4-2-1-3-5-11/h1-5H,6-9H2. The van der Waals surface area contributed by atoms with Crippen molar-refractivity contribution in [2.24, 2.45) is 0 Å². The SMILES string of the molecule is N#CC1(c2ccccc2)CCN(C(=O)Cl)CC1. The zero-order valence-electron chi connectivity index (χ0n) is 9.40. The summed E-state index contributed by atoms with van der Waals surface area (Å²) in [4.78, 5) is 12.6. The molecule has 0 radical (unpaired) electrons. The van der Waals surface area contributed by atoms with Gasteiger partial charge in [0.1, 0.15) is 0 Å². The Morgan fingerprint density at radius 2 is 1.88 bits per heavy atom. The number of carbonyl (C=O) groups excluding carboxylic acids is 1. The minimum atomic E-state index is -0.468. The molecule has 0 saturated carbocycles. The number of hydrogen-bond acceptors (Lipinski definition) is 2. The van der Waals surface area contributed by atoms with Gasteiger partial charge in [-0.25, -0.2) is 0 Å². The highest BCUT2D eigenvalue weighted by Crippen LogP contribution is 2.35. The van der Waals surface area contributed by atoms with Crippen molar-refractivity contribution in [3.63, 3.8) is 0 Å². The van der Waals surface area contributed by atoms with Crippen LogP contribution in [0.5, 0.6) is 0 Å². The number of likely N-dealkylation sites (tertiary alicyclic amines) is 1. The average molecular weight is 249 g/mol. The summed E-state index contributed by atoms with van der Waals surface area (Å²) in [6.07, 6.45) is 1.29. The van der Waals surface area contributed by atoms with Crippen LogP contribution in [-0.4, -0.2) is 23.4 Å². The molecule has 1 saturated heterocycles. The molecule has 1 aromatic rings. The molecule has 2 rings (SSSR count). The van der Waals surface area contributed by atoms with Crippen LogP contribution in [0.15, 0.2) is 30.3 Å². The summed E-state index contributed by atoms with van der Waals surface area (Å²) in [6.45, 7) is 1.09. The van der Waals surface area contributed by atoms with Crippen molar-refractivity contribution in [1.82, 2.24) is 4.90 Å². The first-order valence-corrected chi connectivity index (χ1v) is 5.97. The Morgan fingerprint density at radius 1 is 1.29 bits per heavy atom. The monoisotopic (exact) mass is 248 g/mol. The van der Waals surface area contributed by atoms with Crippen LogP contribution in [0.3, 0.4) is 0 Å². The second kappa shape index (κ2) is 4.77. The van der Waals surface area contributed by atoms with Crippen LogP contribution < -0.4 is 0 Å². The lowest BCUT2D eigenvalue weighted by atomic mass is 9.74. The minimum absolute atomic E-state index is 0.426. The topological polar surface area (TPSA) is 44.1 Å². The van der Waals surface area contributed by atoms with E-state index in [1.54, 1.807) is 4.90 Å². The van der Waals surface area contributed by atoms with Gasteiger partial charge in [0, 0.05) is 13.1 Å². The van der Waals surface area contributed by atoms with Gasteiger partial charge in [-0.2, -0.15) is 5.26 Å². The quantitative estimate of drug-likeness (QED) is 0.567. The number of nitrogens with zero attached hydrogens (tertiary/aromatic N) is 2. The summed E-state index contributed by atoms with van der Waals surface area (Å²) < 4.78 is 0. The molecule has 0 N–H and O–H groups in total. The fourth-order valence-electron chi connectivity index (χ4n) is 2.29. The molecule has 1 heterocycles. The number of halogens is 1. The molecule has 0 aliphatic carbocycles. The fourth-order valence-corrected chi connectivity index (χ4v) is 2.46. The number of nitriles is 1. The van der Waals surface area contributed by atoms with E-state index in [1.807, 2.05) is 30.3 Å². The number of amides is 1. The fraction of sp³-hybridized carbons (Fsp3) is 0.385. The molecule has 0 bridgehead atoms. The highest BCUT2D eigenvalue weighted by atomic mass is 35.5. The molecular formula is C13H13ClN2O. The Labute approximate surface area is 106 Å². The number of piperidine rings is 1. The largest absolute Gasteiger partial charge is 0.329 e. The van der Waals surface area contributed by atoms with Gasteiger partial charge in [0.2, 0.25) is 0 Å². The predicted octanol–water partition coefficient (Wildman–Crippen LogP) is 2.90. The molecular weight excluding hydrogens is 236 g/mol. The van der Waals surface area contributed by atoms with E-state index in [2.05, 4.69) is 6.07 Å². The molecule has 1 fully saturated rings. The first-order valence-electron chi connectivity index (χ1n) is 5.59. The number of rotatable bonds is 1. The molecule has 1 aromatic carbocycles. The van der Waals surface area contributed by atoms with E-state index < -0.39 is 10.8 Å². The Balaban J connectivity index is 2.20. The Bertz CT molecular complexity index is 444. The molecule has 0 spiro atoms. The van der Waals surface area contributed by atoms with Crippen LogP contribution in [0.25, 0.3) is 0 Å². The van der Waals surface area contributed by atoms with Crippen LogP contribution in [-0.2, 0) is 5.41 Å². The summed E-state index contributed by atoms with van der Waals surface area (Å²) in [5.74, 6) is 0. The Morgan fingerprint density at radius 3 is 2.35 bits per heavy atom. The first-order chi connectivity index (χ1) is 8.18. The smallest absolute Gasteiger partial charge is 0.316 e. The van der Waals surface area contributed by atoms with E-state index in [-0.39, 0.29) is 0 Å². The van der Waals surface area contributed by atoms with E-state index in [1.165, 1.54) is 0 Å². The second-order valence-electron chi connectivity index (χ2n) is 4.30. The van der Waals surface area contributed by atoms with Gasteiger partial charge in [-0.1, -0.05) is 30.3 Å². The molecule has 0 aromatic heterocycles. The summed E-state index contributed by atoms with van der Waals surface area (Å²) in [5.41, 5.74) is 0.563. The van der Waals surface area contributed by atoms with Crippen LogP contribution in [0.4, 0.5) is 4.79 Å². The second-order valence-corrected chi connectivity index (χ2v) is 4.62. The lowest BCUT2D eigenvalue weighted by molar-refractivity contribution is 0.192. The number of hydrogen-bond donors (Lipinski definition) is 0. The van der Waals surface area contributed by atoms with Gasteiger partial charge in [0.15, 0.2) is 0 Å². The van der Waals surface area contributed by atoms with Crippen molar-refractivity contribution in [2.45, 2.75) is 18.3 Å². The first kappa shape index (κ1) is 11.9. The van der Waals surface area contributed by atoms with Crippen molar-refractivity contribution in [3.8, 4) is 6.07 Å². The molecule has 0 unspecified atom stereocenters. The normalized spacial score (nSPS) is 18.5. The molecule has 88 valence electrons. The number of carbonyl (C=O) groups is 1. The van der Waals surface area contributed by atoms with Crippen molar-refractivity contribution >= 4 is 17.0 Å². The third-order valence-electron chi connectivity index (χ3n) is 3.41. The van der Waals surface area contributed by atoms with Gasteiger partial charge < -0.3 is 4.90 Å². The van der Waals surface area contributed by atoms with E-state index in [0.29, 0.717) is 25.9 Å². The third-order valence-corrected chi connectivity index (χ3v) is 3.65. The van der Waals surface area contributed by atoms with Gasteiger partial charge in [-0.3, -0.25) is 4.79 Å². The van der Waals surface area contributed by atoms with E-state index in [0.717, 1.165) is 5.56 Å². The zero-order chi connectivity index (χ0) is 12.3. The van der Waals surface area contributed by atoms with Gasteiger partial charge >= 0.3 is 5.37 Å². The highest BCUT2D eigenvalue weighted by molar-refractivity contribution is 6.62. The Hall–Kier alpha value is -1.53. The number of benzene rings is 1. The van der Waals surface area contributed by atoms with E-state index >= 15 is 0 Å². The van der Waals surface area contributed by atoms with E-state index in [4.69, 9.17) is 11.6 Å². The van der Waals surface area contributed by atoms with E-state index in [9.17, 15) is 10.1 Å². The summed E-state index contributed by atoms with van der Waals surface area (Å²) in [5, 5.41) is 9.01. The van der Waals surface area contributed by atoms with Crippen LogP contribution >= 0.6 is 11.6 Å². The molecule has 4 heteroatoms. The lowest BCUT2D eigenvalue weighted by Gasteiger charge is -2.36. The summed E-state index contributed by atoms with van der Waals surface area (Å²) in [6, 6.07) is 12.2. The summed E-state index contributed by atoms with van der Waals surface area (Å²) in [7, 11) is 0. The molecule has 0 atom stereocenters. The van der Waals surface area contributed by atoms with Gasteiger partial charge in [0.05, 0.1) is 11.5 Å². The summed E-state index contributed by atoms with van der Waals surface area (Å²) >= 11 is 5.44. The molecule has 17 heavy (non-hydrogen) atoms. The van der Waals surface area contributed by atoms with Crippen LogP contribution in [0, 0.1) is 11.3 Å². The lowest BCUT2D eigenvalue weighted by Crippen LogP contribution is -2.42. The third kappa shape index (κ3) is 2.27. The molecule has 3 nitrogen and oxygen atoms in total. The molecule has 1 amide bonds. The Kier molecular flexibility index (Phi) is 3.35. The zero-order valence-corrected chi connectivity index (χ0v) is 10.2. The average Bonchev–Trinajstić information content (AvgIpc) is 2.40. The highest BCUT2D eigenvalue weighted by Gasteiger charge is 2.37. The van der Waals surface area contributed by atoms with Crippen molar-refractivity contribution < 1.29 is 4.79 Å². The van der Waals surface area contributed by atoms with Crippen molar-refractivity contribution in [2.75, 3.05) is 13.1 Å². The van der Waals surface area contributed by atoms with Crippen LogP contribution in [0.2, 0.25) is 0 Å². The van der Waals surface area contributed by atoms with Crippen molar-refractivity contribution in [3.05, 3.63) is 35.9 Å². The maximum atomic E-state index is 11.0. The molecule has 1 aliphatic heterocycles. The van der Waals surface area contributed by atoms with Crippen molar-refractivity contribution in [1.29, 1.82) is 5.26 Å². The maximum Gasteiger partial charge on any atom is 0.316 e. The maximum absolute atomic E-state index is 11.0. The molecule has 1 aliphatic rings.